The highest BCUT2D eigenvalue weighted by molar-refractivity contribution is 5.79. The fraction of sp³-hybridized carbons (Fsp3) is 0.400. The van der Waals surface area contributed by atoms with Gasteiger partial charge in [0.05, 0.1) is 5.52 Å². The molecule has 1 aromatic carbocycles. The summed E-state index contributed by atoms with van der Waals surface area (Å²) >= 11 is 0. The van der Waals surface area contributed by atoms with Gasteiger partial charge in [0.1, 0.15) is 0 Å². The molecule has 0 aliphatic carbocycles. The van der Waals surface area contributed by atoms with E-state index in [-0.39, 0.29) is 5.56 Å². The molecule has 18 heavy (non-hydrogen) atoms. The first kappa shape index (κ1) is 12.8. The van der Waals surface area contributed by atoms with Crippen molar-refractivity contribution < 1.29 is 0 Å². The number of hydrogen-bond acceptors (Lipinski definition) is 2. The van der Waals surface area contributed by atoms with Crippen molar-refractivity contribution >= 4 is 10.9 Å². The summed E-state index contributed by atoms with van der Waals surface area (Å²) in [6, 6.07) is 10.1. The topological polar surface area (TPSA) is 34.0 Å². The minimum absolute atomic E-state index is 0.160. The van der Waals surface area contributed by atoms with Gasteiger partial charge in [0.15, 0.2) is 0 Å². The molecule has 0 saturated carbocycles. The van der Waals surface area contributed by atoms with E-state index in [2.05, 4.69) is 11.4 Å². The lowest BCUT2D eigenvalue weighted by molar-refractivity contribution is 0.701. The average Bonchev–Trinajstić information content (AvgIpc) is 2.40. The van der Waals surface area contributed by atoms with Gasteiger partial charge in [-0.15, -0.1) is 0 Å². The lowest BCUT2D eigenvalue weighted by Gasteiger charge is -2.11. The molecule has 2 aromatic rings. The second kappa shape index (κ2) is 5.83. The number of nitrogens with one attached hydrogen (secondary N) is 1. The highest BCUT2D eigenvalue weighted by Crippen LogP contribution is 2.14. The van der Waals surface area contributed by atoms with Crippen LogP contribution in [0.1, 0.15) is 18.9 Å². The van der Waals surface area contributed by atoms with Crippen LogP contribution in [0.15, 0.2) is 35.1 Å². The SMILES string of the molecule is CCn1c(=O)c(CCCNC)cc2ccccc21. The van der Waals surface area contributed by atoms with E-state index in [1.54, 1.807) is 0 Å². The van der Waals surface area contributed by atoms with Crippen LogP contribution in [0.2, 0.25) is 0 Å². The molecule has 0 fully saturated rings. The van der Waals surface area contributed by atoms with Gasteiger partial charge in [-0.05, 0) is 50.9 Å². The molecule has 1 aromatic heterocycles. The summed E-state index contributed by atoms with van der Waals surface area (Å²) in [6.07, 6.45) is 1.83. The fourth-order valence-corrected chi connectivity index (χ4v) is 2.34. The number of benzene rings is 1. The predicted molar refractivity (Wildman–Crippen MR) is 76.1 cm³/mol. The maximum absolute atomic E-state index is 12.4. The molecule has 0 aliphatic rings. The summed E-state index contributed by atoms with van der Waals surface area (Å²) in [6.45, 7) is 3.68. The van der Waals surface area contributed by atoms with Gasteiger partial charge in [-0.1, -0.05) is 18.2 Å². The van der Waals surface area contributed by atoms with Gasteiger partial charge < -0.3 is 9.88 Å². The van der Waals surface area contributed by atoms with E-state index in [9.17, 15) is 4.79 Å². The lowest BCUT2D eigenvalue weighted by Crippen LogP contribution is -2.24. The van der Waals surface area contributed by atoms with Crippen molar-refractivity contribution in [3.05, 3.63) is 46.2 Å². The first-order chi connectivity index (χ1) is 8.77. The van der Waals surface area contributed by atoms with Crippen LogP contribution in [-0.2, 0) is 13.0 Å². The third-order valence-electron chi connectivity index (χ3n) is 3.27. The number of aromatic nitrogens is 1. The molecule has 3 heteroatoms. The predicted octanol–water partition coefficient (Wildman–Crippen LogP) is 2.17. The van der Waals surface area contributed by atoms with Crippen LogP contribution in [0.4, 0.5) is 0 Å². The Hall–Kier alpha value is -1.61. The highest BCUT2D eigenvalue weighted by Gasteiger charge is 2.07. The van der Waals surface area contributed by atoms with Gasteiger partial charge >= 0.3 is 0 Å². The molecule has 0 radical (unpaired) electrons. The summed E-state index contributed by atoms with van der Waals surface area (Å²) < 4.78 is 1.87. The standard InChI is InChI=1S/C15H20N2O/c1-3-17-14-9-5-4-7-12(14)11-13(15(17)18)8-6-10-16-2/h4-5,7,9,11,16H,3,6,8,10H2,1-2H3. The highest BCUT2D eigenvalue weighted by atomic mass is 16.1. The fourth-order valence-electron chi connectivity index (χ4n) is 2.34. The van der Waals surface area contributed by atoms with E-state index in [1.807, 2.05) is 42.8 Å². The van der Waals surface area contributed by atoms with E-state index in [0.29, 0.717) is 0 Å². The normalized spacial score (nSPS) is 11.0. The van der Waals surface area contributed by atoms with Crippen molar-refractivity contribution in [1.29, 1.82) is 0 Å². The second-order valence-electron chi connectivity index (χ2n) is 4.48. The van der Waals surface area contributed by atoms with E-state index < -0.39 is 0 Å². The molecule has 0 bridgehead atoms. The third kappa shape index (κ3) is 2.46. The zero-order valence-corrected chi connectivity index (χ0v) is 11.1. The number of nitrogens with zero attached hydrogens (tertiary/aromatic N) is 1. The van der Waals surface area contributed by atoms with Crippen molar-refractivity contribution in [3.63, 3.8) is 0 Å². The van der Waals surface area contributed by atoms with Crippen LogP contribution in [0.3, 0.4) is 0 Å². The first-order valence-electron chi connectivity index (χ1n) is 6.54. The molecule has 0 unspecified atom stereocenters. The Balaban J connectivity index is 2.48. The zero-order chi connectivity index (χ0) is 13.0. The van der Waals surface area contributed by atoms with Crippen LogP contribution >= 0.6 is 0 Å². The Morgan fingerprint density at radius 1 is 1.28 bits per heavy atom. The summed E-state index contributed by atoms with van der Waals surface area (Å²) in [7, 11) is 1.94. The molecule has 96 valence electrons. The summed E-state index contributed by atoms with van der Waals surface area (Å²) in [4.78, 5) is 12.4. The van der Waals surface area contributed by atoms with Crippen molar-refractivity contribution in [2.75, 3.05) is 13.6 Å². The zero-order valence-electron chi connectivity index (χ0n) is 11.1. The molecule has 0 aliphatic heterocycles. The van der Waals surface area contributed by atoms with Crippen LogP contribution in [0.5, 0.6) is 0 Å². The van der Waals surface area contributed by atoms with Crippen LogP contribution in [-0.4, -0.2) is 18.2 Å². The third-order valence-corrected chi connectivity index (χ3v) is 3.27. The first-order valence-corrected chi connectivity index (χ1v) is 6.54. The van der Waals surface area contributed by atoms with E-state index in [4.69, 9.17) is 0 Å². The Kier molecular flexibility index (Phi) is 4.15. The largest absolute Gasteiger partial charge is 0.320 e. The van der Waals surface area contributed by atoms with E-state index >= 15 is 0 Å². The van der Waals surface area contributed by atoms with Crippen molar-refractivity contribution in [2.45, 2.75) is 26.3 Å². The van der Waals surface area contributed by atoms with Gasteiger partial charge in [-0.3, -0.25) is 4.79 Å². The monoisotopic (exact) mass is 244 g/mol. The molecule has 1 N–H and O–H groups in total. The Morgan fingerprint density at radius 3 is 2.78 bits per heavy atom. The molecule has 0 atom stereocenters. The smallest absolute Gasteiger partial charge is 0.254 e. The van der Waals surface area contributed by atoms with Crippen LogP contribution < -0.4 is 10.9 Å². The molecule has 0 spiro atoms. The maximum Gasteiger partial charge on any atom is 0.254 e. The summed E-state index contributed by atoms with van der Waals surface area (Å²) in [5.74, 6) is 0. The molecular formula is C15H20N2O. The molecule has 3 nitrogen and oxygen atoms in total. The van der Waals surface area contributed by atoms with Crippen LogP contribution in [0.25, 0.3) is 10.9 Å². The van der Waals surface area contributed by atoms with Crippen molar-refractivity contribution in [1.82, 2.24) is 9.88 Å². The number of para-hydroxylation sites is 1. The Bertz CT molecular complexity index is 587. The number of pyridine rings is 1. The van der Waals surface area contributed by atoms with Gasteiger partial charge in [-0.25, -0.2) is 0 Å². The molecule has 0 saturated heterocycles. The van der Waals surface area contributed by atoms with Gasteiger partial charge in [0.2, 0.25) is 0 Å². The number of fused-ring (bicyclic) bond motifs is 1. The minimum atomic E-state index is 0.160. The van der Waals surface area contributed by atoms with Crippen molar-refractivity contribution in [2.24, 2.45) is 0 Å². The Labute approximate surface area is 107 Å². The number of rotatable bonds is 5. The average molecular weight is 244 g/mol. The minimum Gasteiger partial charge on any atom is -0.320 e. The molecular weight excluding hydrogens is 224 g/mol. The molecule has 0 amide bonds. The number of hydrogen-bond donors (Lipinski definition) is 1. The quantitative estimate of drug-likeness (QED) is 0.818. The Morgan fingerprint density at radius 2 is 2.06 bits per heavy atom. The van der Waals surface area contributed by atoms with Gasteiger partial charge in [-0.2, -0.15) is 0 Å². The maximum atomic E-state index is 12.4. The molecule has 2 rings (SSSR count). The van der Waals surface area contributed by atoms with Gasteiger partial charge in [0, 0.05) is 12.1 Å². The lowest BCUT2D eigenvalue weighted by atomic mass is 10.1. The van der Waals surface area contributed by atoms with Crippen molar-refractivity contribution in [3.8, 4) is 0 Å². The van der Waals surface area contributed by atoms with E-state index in [1.165, 1.54) is 0 Å². The second-order valence-corrected chi connectivity index (χ2v) is 4.48. The molecule has 1 heterocycles. The van der Waals surface area contributed by atoms with Crippen LogP contribution in [0, 0.1) is 0 Å². The summed E-state index contributed by atoms with van der Waals surface area (Å²) in [5.41, 5.74) is 2.11. The summed E-state index contributed by atoms with van der Waals surface area (Å²) in [5, 5.41) is 4.27. The number of aryl methyl sites for hydroxylation is 2. The van der Waals surface area contributed by atoms with E-state index in [0.717, 1.165) is 42.4 Å². The van der Waals surface area contributed by atoms with Gasteiger partial charge in [0.25, 0.3) is 5.56 Å².